The van der Waals surface area contributed by atoms with Gasteiger partial charge >= 0.3 is 0 Å². The van der Waals surface area contributed by atoms with Crippen molar-refractivity contribution < 1.29 is 9.88 Å². The summed E-state index contributed by atoms with van der Waals surface area (Å²) in [5.41, 5.74) is 0. The quantitative estimate of drug-likeness (QED) is 0.341. The Morgan fingerprint density at radius 1 is 1.38 bits per heavy atom. The Hall–Kier alpha value is -1.13. The Morgan fingerprint density at radius 3 is 1.38 bits per heavy atom. The first-order valence-corrected chi connectivity index (χ1v) is 1.75. The van der Waals surface area contributed by atoms with Crippen molar-refractivity contribution in [2.45, 2.75) is 13.8 Å². The number of rotatable bonds is 0. The molecule has 0 aromatic carbocycles. The van der Waals surface area contributed by atoms with Crippen molar-refractivity contribution in [1.29, 1.82) is 0 Å². The second kappa shape index (κ2) is 5.87. The molecule has 0 radical (unpaired) electrons. The maximum Gasteiger partial charge on any atom is 0.126 e. The smallest absolute Gasteiger partial charge is 0.126 e. The van der Waals surface area contributed by atoms with Crippen molar-refractivity contribution in [2.75, 3.05) is 0 Å². The summed E-state index contributed by atoms with van der Waals surface area (Å²) in [6.07, 6.45) is 0. The average molecular weight is 120 g/mol. The molecule has 0 N–H and O–H groups in total. The minimum absolute atomic E-state index is 0.167. The lowest BCUT2D eigenvalue weighted by Crippen LogP contribution is -1.74. The molecule has 0 bridgehead atoms. The predicted octanol–water partition coefficient (Wildman–Crippen LogP) is 0.356. The Bertz CT molecular complexity index is 69.3. The van der Waals surface area contributed by atoms with Crippen LogP contribution in [0.25, 0.3) is 0 Å². The Morgan fingerprint density at radius 2 is 1.38 bits per heavy atom. The molecule has 0 fully saturated rings. The largest absolute Gasteiger partial charge is 0.356 e. The summed E-state index contributed by atoms with van der Waals surface area (Å²) in [6, 6.07) is 0. The Labute approximate surface area is 46.0 Å². The number of carbonyl (C=O) groups is 1. The van der Waals surface area contributed by atoms with Gasteiger partial charge in [-0.1, -0.05) is 0 Å². The van der Waals surface area contributed by atoms with Crippen molar-refractivity contribution in [3.05, 3.63) is 15.3 Å². The van der Waals surface area contributed by atoms with Crippen LogP contribution in [0.1, 0.15) is 13.8 Å². The molecule has 0 aliphatic carbocycles. The monoisotopic (exact) mass is 120 g/mol. The van der Waals surface area contributed by atoms with Crippen LogP contribution in [-0.4, -0.2) is 10.9 Å². The van der Waals surface area contributed by atoms with E-state index in [1.54, 1.807) is 0 Å². The van der Waals surface area contributed by atoms with Crippen LogP contribution in [0.3, 0.4) is 0 Å². The minimum Gasteiger partial charge on any atom is -0.356 e. The second-order valence-electron chi connectivity index (χ2n) is 1.13. The molecule has 0 saturated carbocycles. The van der Waals surface area contributed by atoms with Crippen molar-refractivity contribution in [1.82, 2.24) is 0 Å². The molecule has 5 heteroatoms. The maximum atomic E-state index is 9.44. The van der Waals surface area contributed by atoms with Crippen LogP contribution in [0.5, 0.6) is 0 Å². The molecule has 0 saturated heterocycles. The van der Waals surface area contributed by atoms with E-state index >= 15 is 0 Å². The van der Waals surface area contributed by atoms with Crippen molar-refractivity contribution in [2.24, 2.45) is 0 Å². The zero-order valence-electron chi connectivity index (χ0n) is 4.58. The molecule has 0 spiro atoms. The van der Waals surface area contributed by atoms with Crippen LogP contribution in [-0.2, 0) is 4.79 Å². The lowest BCUT2D eigenvalue weighted by molar-refractivity contribution is -0.402. The van der Waals surface area contributed by atoms with Crippen LogP contribution in [0.15, 0.2) is 0 Å². The normalized spacial score (nSPS) is 6.25. The van der Waals surface area contributed by atoms with Gasteiger partial charge in [0, 0.05) is 0 Å². The number of ketones is 1. The zero-order valence-corrected chi connectivity index (χ0v) is 4.58. The van der Waals surface area contributed by atoms with Crippen molar-refractivity contribution in [3.63, 3.8) is 0 Å². The van der Waals surface area contributed by atoms with Gasteiger partial charge in [0.2, 0.25) is 0 Å². The third-order valence-electron chi connectivity index (χ3n) is 0. The second-order valence-corrected chi connectivity index (χ2v) is 1.13. The fraction of sp³-hybridized carbons (Fsp3) is 0.667. The lowest BCUT2D eigenvalue weighted by Gasteiger charge is -1.74. The van der Waals surface area contributed by atoms with Crippen LogP contribution in [0.4, 0.5) is 0 Å². The summed E-state index contributed by atoms with van der Waals surface area (Å²) in [7, 11) is 0. The van der Waals surface area contributed by atoms with Crippen molar-refractivity contribution >= 4 is 5.78 Å². The third-order valence-corrected chi connectivity index (χ3v) is 0. The summed E-state index contributed by atoms with van der Waals surface area (Å²) in [6.45, 7) is 3.06. The van der Waals surface area contributed by atoms with E-state index in [4.69, 9.17) is 15.3 Å². The van der Waals surface area contributed by atoms with Crippen LogP contribution < -0.4 is 0 Å². The highest BCUT2D eigenvalue weighted by molar-refractivity contribution is 5.72. The van der Waals surface area contributed by atoms with E-state index in [0.29, 0.717) is 0 Å². The molecule has 0 aliphatic rings. The van der Waals surface area contributed by atoms with Gasteiger partial charge in [-0.3, -0.25) is 0 Å². The van der Waals surface area contributed by atoms with Gasteiger partial charge in [0.25, 0.3) is 0 Å². The molecular weight excluding hydrogens is 114 g/mol. The highest BCUT2D eigenvalue weighted by Crippen LogP contribution is 1.50. The molecule has 0 aromatic heterocycles. The SMILES string of the molecule is CC(C)=O.O=[N+]([O-])[O-]. The van der Waals surface area contributed by atoms with Crippen LogP contribution in [0, 0.1) is 15.3 Å². The van der Waals surface area contributed by atoms with E-state index in [1.807, 2.05) is 0 Å². The fourth-order valence-electron chi connectivity index (χ4n) is 0. The van der Waals surface area contributed by atoms with E-state index in [0.717, 1.165) is 0 Å². The Balaban J connectivity index is 0. The van der Waals surface area contributed by atoms with E-state index in [9.17, 15) is 4.79 Å². The van der Waals surface area contributed by atoms with Gasteiger partial charge in [-0.05, 0) is 13.8 Å². The standard InChI is InChI=1S/C3H6O.NO3/c1-3(2)4;2-1(3)4/h1-2H3;/q;-1. The first kappa shape index (κ1) is 9.98. The van der Waals surface area contributed by atoms with Crippen molar-refractivity contribution in [3.8, 4) is 0 Å². The highest BCUT2D eigenvalue weighted by Gasteiger charge is 1.62. The summed E-state index contributed by atoms with van der Waals surface area (Å²) in [5, 5.41) is 14.8. The van der Waals surface area contributed by atoms with Crippen LogP contribution >= 0.6 is 0 Å². The predicted molar refractivity (Wildman–Crippen MR) is 26.7 cm³/mol. The van der Waals surface area contributed by atoms with Gasteiger partial charge in [-0.2, -0.15) is 0 Å². The molecule has 5 nitrogen and oxygen atoms in total. The number of nitrogens with zero attached hydrogens (tertiary/aromatic N) is 1. The Kier molecular flexibility index (Phi) is 7.32. The van der Waals surface area contributed by atoms with Gasteiger partial charge in [-0.15, -0.1) is 0 Å². The maximum absolute atomic E-state index is 9.44. The first-order valence-electron chi connectivity index (χ1n) is 1.75. The number of carbonyl (C=O) groups excluding carboxylic acids is 1. The lowest BCUT2D eigenvalue weighted by atomic mass is 10.6. The van der Waals surface area contributed by atoms with E-state index in [1.165, 1.54) is 13.8 Å². The number of hydrogen-bond acceptors (Lipinski definition) is 4. The first-order chi connectivity index (χ1) is 3.46. The molecular formula is C3H6NO4-. The zero-order chi connectivity index (χ0) is 7.15. The van der Waals surface area contributed by atoms with Gasteiger partial charge in [0.1, 0.15) is 5.78 Å². The molecule has 0 unspecified atom stereocenters. The van der Waals surface area contributed by atoms with Gasteiger partial charge < -0.3 is 20.1 Å². The molecule has 48 valence electrons. The van der Waals surface area contributed by atoms with E-state index in [2.05, 4.69) is 0 Å². The van der Waals surface area contributed by atoms with Gasteiger partial charge in [0.15, 0.2) is 0 Å². The summed E-state index contributed by atoms with van der Waals surface area (Å²) >= 11 is 0. The topological polar surface area (TPSA) is 83.3 Å². The number of hydrogen-bond donors (Lipinski definition) is 0. The fourth-order valence-corrected chi connectivity index (χ4v) is 0. The number of Topliss-reactive ketones (excluding diaryl/α,β-unsaturated/α-hetero) is 1. The highest BCUT2D eigenvalue weighted by atomic mass is 16.9. The van der Waals surface area contributed by atoms with Gasteiger partial charge in [-0.25, -0.2) is 0 Å². The molecule has 0 aromatic rings. The third kappa shape index (κ3) is 57.1. The van der Waals surface area contributed by atoms with Gasteiger partial charge in [0.05, 0.1) is 5.09 Å². The molecule has 0 amide bonds. The molecule has 0 atom stereocenters. The molecule has 8 heavy (non-hydrogen) atoms. The minimum atomic E-state index is -1.75. The summed E-state index contributed by atoms with van der Waals surface area (Å²) in [5.74, 6) is 0.167. The summed E-state index contributed by atoms with van der Waals surface area (Å²) in [4.78, 5) is 17.7. The van der Waals surface area contributed by atoms with E-state index in [-0.39, 0.29) is 5.78 Å². The average Bonchev–Trinajstić information content (AvgIpc) is 1.25. The van der Waals surface area contributed by atoms with Crippen LogP contribution in [0.2, 0.25) is 0 Å². The molecule has 0 heterocycles. The molecule has 0 rings (SSSR count). The van der Waals surface area contributed by atoms with E-state index < -0.39 is 5.09 Å². The molecule has 0 aliphatic heterocycles. The summed E-state index contributed by atoms with van der Waals surface area (Å²) < 4.78 is 0.